The van der Waals surface area contributed by atoms with Crippen molar-refractivity contribution in [1.82, 2.24) is 9.62 Å². The first kappa shape index (κ1) is 17.7. The van der Waals surface area contributed by atoms with Crippen LogP contribution in [-0.4, -0.2) is 38.0 Å². The molecule has 0 saturated carbocycles. The van der Waals surface area contributed by atoms with Crippen LogP contribution >= 0.6 is 0 Å². The highest BCUT2D eigenvalue weighted by atomic mass is 32.2. The Kier molecular flexibility index (Phi) is 6.84. The Morgan fingerprint density at radius 3 is 2.43 bits per heavy atom. The summed E-state index contributed by atoms with van der Waals surface area (Å²) in [7, 11) is -1.88. The van der Waals surface area contributed by atoms with Gasteiger partial charge in [0.15, 0.2) is 0 Å². The number of nitrogens with zero attached hydrogens (tertiary/aromatic N) is 1. The second-order valence-electron chi connectivity index (χ2n) is 5.51. The maximum Gasteiger partial charge on any atom is 0.221 e. The molecule has 6 heteroatoms. The average Bonchev–Trinajstić information content (AvgIpc) is 2.44. The van der Waals surface area contributed by atoms with Gasteiger partial charge < -0.3 is 5.32 Å². The lowest BCUT2D eigenvalue weighted by Crippen LogP contribution is -2.33. The van der Waals surface area contributed by atoms with Gasteiger partial charge in [-0.15, -0.1) is 0 Å². The van der Waals surface area contributed by atoms with E-state index in [1.54, 1.807) is 0 Å². The molecule has 0 aromatic heterocycles. The molecule has 0 unspecified atom stereocenters. The van der Waals surface area contributed by atoms with E-state index in [1.807, 2.05) is 44.2 Å². The average molecular weight is 312 g/mol. The molecule has 1 aromatic rings. The Labute approximate surface area is 127 Å². The number of hydrogen-bond acceptors (Lipinski definition) is 3. The predicted molar refractivity (Wildman–Crippen MR) is 84.2 cm³/mol. The Morgan fingerprint density at radius 2 is 1.86 bits per heavy atom. The molecule has 1 rings (SSSR count). The highest BCUT2D eigenvalue weighted by molar-refractivity contribution is 7.89. The van der Waals surface area contributed by atoms with Crippen molar-refractivity contribution in [3.8, 4) is 0 Å². The molecule has 1 N–H and O–H groups in total. The zero-order chi connectivity index (χ0) is 15.9. The lowest BCUT2D eigenvalue weighted by atomic mass is 10.2. The van der Waals surface area contributed by atoms with Crippen molar-refractivity contribution < 1.29 is 13.2 Å². The molecular weight excluding hydrogens is 288 g/mol. The van der Waals surface area contributed by atoms with Gasteiger partial charge >= 0.3 is 0 Å². The molecule has 1 aromatic carbocycles. The number of sulfonamides is 1. The monoisotopic (exact) mass is 312 g/mol. The van der Waals surface area contributed by atoms with Crippen LogP contribution in [0.15, 0.2) is 30.3 Å². The van der Waals surface area contributed by atoms with Gasteiger partial charge in [-0.25, -0.2) is 12.7 Å². The summed E-state index contributed by atoms with van der Waals surface area (Å²) in [5, 5.41) is 2.72. The van der Waals surface area contributed by atoms with Gasteiger partial charge in [-0.3, -0.25) is 4.79 Å². The van der Waals surface area contributed by atoms with Gasteiger partial charge in [0.05, 0.1) is 5.75 Å². The van der Waals surface area contributed by atoms with Crippen LogP contribution in [0.25, 0.3) is 0 Å². The summed E-state index contributed by atoms with van der Waals surface area (Å²) in [5.74, 6) is -0.0352. The molecule has 0 atom stereocenters. The first-order valence-corrected chi connectivity index (χ1v) is 8.67. The summed E-state index contributed by atoms with van der Waals surface area (Å²) >= 11 is 0. The van der Waals surface area contributed by atoms with E-state index in [2.05, 4.69) is 5.32 Å². The normalized spacial score (nSPS) is 11.9. The summed E-state index contributed by atoms with van der Waals surface area (Å²) < 4.78 is 25.5. The molecule has 0 spiro atoms. The zero-order valence-electron chi connectivity index (χ0n) is 12.9. The molecule has 0 heterocycles. The second-order valence-corrected chi connectivity index (χ2v) is 7.70. The summed E-state index contributed by atoms with van der Waals surface area (Å²) in [6, 6.07) is 9.38. The Hall–Kier alpha value is -1.40. The van der Waals surface area contributed by atoms with Gasteiger partial charge in [-0.1, -0.05) is 44.2 Å². The molecule has 0 radical (unpaired) electrons. The maximum atomic E-state index is 12.1. The van der Waals surface area contributed by atoms with Gasteiger partial charge in [0.2, 0.25) is 15.9 Å². The molecule has 118 valence electrons. The number of rotatable bonds is 8. The second kappa shape index (κ2) is 8.14. The Balaban J connectivity index is 2.47. The summed E-state index contributed by atoms with van der Waals surface area (Å²) in [6.45, 7) is 4.87. The van der Waals surface area contributed by atoms with Crippen molar-refractivity contribution >= 4 is 15.9 Å². The molecule has 0 aliphatic carbocycles. The summed E-state index contributed by atoms with van der Waals surface area (Å²) in [6.07, 6.45) is -0.00577. The molecule has 0 saturated heterocycles. The van der Waals surface area contributed by atoms with E-state index < -0.39 is 10.0 Å². The molecular formula is C15H24N2O3S. The third-order valence-corrected chi connectivity index (χ3v) is 4.82. The molecule has 0 fully saturated rings. The van der Waals surface area contributed by atoms with Crippen LogP contribution in [0.1, 0.15) is 25.8 Å². The summed E-state index contributed by atoms with van der Waals surface area (Å²) in [5.41, 5.74) is 0.924. The zero-order valence-corrected chi connectivity index (χ0v) is 13.7. The topological polar surface area (TPSA) is 66.5 Å². The third-order valence-electron chi connectivity index (χ3n) is 3.02. The van der Waals surface area contributed by atoms with Gasteiger partial charge in [-0.05, 0) is 11.5 Å². The number of carbonyl (C=O) groups excluding carboxylic acids is 1. The minimum Gasteiger partial charge on any atom is -0.356 e. The summed E-state index contributed by atoms with van der Waals surface area (Å²) in [4.78, 5) is 11.6. The molecule has 0 aliphatic heterocycles. The van der Waals surface area contributed by atoms with E-state index in [1.165, 1.54) is 11.4 Å². The number of benzene rings is 1. The van der Waals surface area contributed by atoms with E-state index in [9.17, 15) is 13.2 Å². The smallest absolute Gasteiger partial charge is 0.221 e. The Bertz CT molecular complexity index is 541. The lowest BCUT2D eigenvalue weighted by molar-refractivity contribution is -0.120. The standard InChI is InChI=1S/C15H24N2O3S/c1-13(2)11-16-15(18)9-10-21(19,20)17(3)12-14-7-5-4-6-8-14/h4-8,13H,9-12H2,1-3H3,(H,16,18). The molecule has 5 nitrogen and oxygen atoms in total. The number of nitrogens with one attached hydrogen (secondary N) is 1. The van der Waals surface area contributed by atoms with Crippen LogP contribution < -0.4 is 5.32 Å². The maximum absolute atomic E-state index is 12.1. The predicted octanol–water partition coefficient (Wildman–Crippen LogP) is 1.61. The van der Waals surface area contributed by atoms with Gasteiger partial charge in [0.25, 0.3) is 0 Å². The fourth-order valence-electron chi connectivity index (χ4n) is 1.72. The number of hydrogen-bond donors (Lipinski definition) is 1. The fourth-order valence-corrected chi connectivity index (χ4v) is 2.82. The molecule has 0 bridgehead atoms. The van der Waals surface area contributed by atoms with Crippen molar-refractivity contribution in [2.24, 2.45) is 5.92 Å². The van der Waals surface area contributed by atoms with E-state index in [4.69, 9.17) is 0 Å². The quantitative estimate of drug-likeness (QED) is 0.793. The van der Waals surface area contributed by atoms with Crippen molar-refractivity contribution in [3.63, 3.8) is 0 Å². The van der Waals surface area contributed by atoms with Crippen molar-refractivity contribution in [1.29, 1.82) is 0 Å². The van der Waals surface area contributed by atoms with E-state index in [0.29, 0.717) is 19.0 Å². The van der Waals surface area contributed by atoms with Crippen LogP contribution in [0.3, 0.4) is 0 Å². The SMILES string of the molecule is CC(C)CNC(=O)CCS(=O)(=O)N(C)Cc1ccccc1. The Morgan fingerprint density at radius 1 is 1.24 bits per heavy atom. The van der Waals surface area contributed by atoms with E-state index in [-0.39, 0.29) is 18.1 Å². The molecule has 21 heavy (non-hydrogen) atoms. The van der Waals surface area contributed by atoms with Crippen LogP contribution in [0.4, 0.5) is 0 Å². The minimum absolute atomic E-state index is 0.00577. The highest BCUT2D eigenvalue weighted by Crippen LogP contribution is 2.08. The van der Waals surface area contributed by atoms with Crippen LogP contribution in [-0.2, 0) is 21.4 Å². The van der Waals surface area contributed by atoms with E-state index in [0.717, 1.165) is 5.56 Å². The van der Waals surface area contributed by atoms with Crippen LogP contribution in [0, 0.1) is 5.92 Å². The number of amides is 1. The molecule has 0 aliphatic rings. The van der Waals surface area contributed by atoms with E-state index >= 15 is 0 Å². The third kappa shape index (κ3) is 6.73. The lowest BCUT2D eigenvalue weighted by Gasteiger charge is -2.17. The molecule has 1 amide bonds. The van der Waals surface area contributed by atoms with Crippen molar-refractivity contribution in [3.05, 3.63) is 35.9 Å². The van der Waals surface area contributed by atoms with Crippen LogP contribution in [0.5, 0.6) is 0 Å². The minimum atomic E-state index is -3.42. The van der Waals surface area contributed by atoms with Crippen molar-refractivity contribution in [2.75, 3.05) is 19.3 Å². The largest absolute Gasteiger partial charge is 0.356 e. The van der Waals surface area contributed by atoms with Crippen LogP contribution in [0.2, 0.25) is 0 Å². The van der Waals surface area contributed by atoms with Gasteiger partial charge in [-0.2, -0.15) is 0 Å². The van der Waals surface area contributed by atoms with Crippen molar-refractivity contribution in [2.45, 2.75) is 26.8 Å². The first-order valence-electron chi connectivity index (χ1n) is 7.06. The van der Waals surface area contributed by atoms with Gasteiger partial charge in [0.1, 0.15) is 0 Å². The fraction of sp³-hybridized carbons (Fsp3) is 0.533. The highest BCUT2D eigenvalue weighted by Gasteiger charge is 2.19. The number of carbonyl (C=O) groups is 1. The van der Waals surface area contributed by atoms with Gasteiger partial charge in [0, 0.05) is 26.6 Å². The first-order chi connectivity index (χ1) is 9.81.